The van der Waals surface area contributed by atoms with E-state index in [1.807, 2.05) is 39.0 Å². The summed E-state index contributed by atoms with van der Waals surface area (Å²) in [6.45, 7) is 5.96. The lowest BCUT2D eigenvalue weighted by Crippen LogP contribution is -2.07. The lowest BCUT2D eigenvalue weighted by molar-refractivity contribution is 0.595. The van der Waals surface area contributed by atoms with Gasteiger partial charge < -0.3 is 0 Å². The van der Waals surface area contributed by atoms with E-state index in [4.69, 9.17) is 0 Å². The Balaban J connectivity index is 2.42. The maximum absolute atomic E-state index is 12.4. The van der Waals surface area contributed by atoms with E-state index in [1.165, 1.54) is 0 Å². The van der Waals surface area contributed by atoms with Gasteiger partial charge in [0.15, 0.2) is 9.84 Å². The third-order valence-electron chi connectivity index (χ3n) is 3.28. The summed E-state index contributed by atoms with van der Waals surface area (Å²) in [5, 5.41) is 0. The van der Waals surface area contributed by atoms with E-state index in [2.05, 4.69) is 0 Å². The lowest BCUT2D eigenvalue weighted by Gasteiger charge is -2.12. The number of sulfone groups is 1. The molecule has 19 heavy (non-hydrogen) atoms. The Bertz CT molecular complexity index is 663. The summed E-state index contributed by atoms with van der Waals surface area (Å²) in [5.74, 6) is 0.0644. The highest BCUT2D eigenvalue weighted by Gasteiger charge is 2.17. The molecule has 0 atom stereocenters. The summed E-state index contributed by atoms with van der Waals surface area (Å²) < 4.78 is 24.8. The molecule has 0 N–H and O–H groups in total. The van der Waals surface area contributed by atoms with Crippen LogP contribution in [0.3, 0.4) is 0 Å². The number of benzene rings is 2. The lowest BCUT2D eigenvalue weighted by atomic mass is 10.0. The fourth-order valence-corrected chi connectivity index (χ4v) is 3.91. The van der Waals surface area contributed by atoms with Crippen LogP contribution in [0.1, 0.15) is 22.3 Å². The van der Waals surface area contributed by atoms with Crippen LogP contribution in [0.5, 0.6) is 0 Å². The van der Waals surface area contributed by atoms with E-state index in [9.17, 15) is 8.42 Å². The molecule has 0 aliphatic heterocycles. The molecule has 0 aliphatic carbocycles. The molecule has 2 rings (SSSR count). The second kappa shape index (κ2) is 5.17. The molecular formula is C16H18O2S. The van der Waals surface area contributed by atoms with Crippen molar-refractivity contribution in [3.63, 3.8) is 0 Å². The van der Waals surface area contributed by atoms with Crippen molar-refractivity contribution in [1.82, 2.24) is 0 Å². The Kier molecular flexibility index (Phi) is 3.76. The van der Waals surface area contributed by atoms with Crippen LogP contribution in [0.2, 0.25) is 0 Å². The topological polar surface area (TPSA) is 34.1 Å². The summed E-state index contributed by atoms with van der Waals surface area (Å²) in [6, 6.07) is 12.7. The average Bonchev–Trinajstić information content (AvgIpc) is 2.35. The molecule has 0 saturated carbocycles. The Morgan fingerprint density at radius 2 is 1.42 bits per heavy atom. The van der Waals surface area contributed by atoms with Gasteiger partial charge in [-0.1, -0.05) is 35.9 Å². The van der Waals surface area contributed by atoms with Crippen molar-refractivity contribution >= 4 is 9.84 Å². The van der Waals surface area contributed by atoms with Crippen molar-refractivity contribution in [2.24, 2.45) is 0 Å². The first-order valence-electron chi connectivity index (χ1n) is 6.25. The molecule has 0 saturated heterocycles. The molecule has 0 aromatic heterocycles. The van der Waals surface area contributed by atoms with Crippen LogP contribution in [0.4, 0.5) is 0 Å². The van der Waals surface area contributed by atoms with Gasteiger partial charge in [0.25, 0.3) is 0 Å². The molecule has 0 aliphatic rings. The molecule has 0 heterocycles. The van der Waals surface area contributed by atoms with Gasteiger partial charge in [0.2, 0.25) is 0 Å². The Morgan fingerprint density at radius 3 is 1.95 bits per heavy atom. The first kappa shape index (κ1) is 13.8. The second-order valence-corrected chi connectivity index (χ2v) is 6.94. The first-order chi connectivity index (χ1) is 8.90. The number of aryl methyl sites for hydroxylation is 3. The molecule has 0 unspecified atom stereocenters. The largest absolute Gasteiger partial charge is 0.223 e. The maximum Gasteiger partial charge on any atom is 0.182 e. The molecule has 0 bridgehead atoms. The number of hydrogen-bond acceptors (Lipinski definition) is 2. The van der Waals surface area contributed by atoms with Gasteiger partial charge in [0.05, 0.1) is 10.6 Å². The van der Waals surface area contributed by atoms with Crippen LogP contribution in [0.15, 0.2) is 47.4 Å². The van der Waals surface area contributed by atoms with E-state index >= 15 is 0 Å². The van der Waals surface area contributed by atoms with E-state index in [0.717, 1.165) is 22.3 Å². The summed E-state index contributed by atoms with van der Waals surface area (Å²) in [7, 11) is -3.27. The minimum absolute atomic E-state index is 0.0644. The zero-order valence-corrected chi connectivity index (χ0v) is 12.3. The first-order valence-corrected chi connectivity index (χ1v) is 7.90. The quantitative estimate of drug-likeness (QED) is 0.857. The molecule has 2 nitrogen and oxygen atoms in total. The van der Waals surface area contributed by atoms with Crippen molar-refractivity contribution in [3.05, 3.63) is 64.7 Å². The predicted molar refractivity (Wildman–Crippen MR) is 78.0 cm³/mol. The highest BCUT2D eigenvalue weighted by Crippen LogP contribution is 2.22. The zero-order valence-electron chi connectivity index (χ0n) is 11.5. The monoisotopic (exact) mass is 274 g/mol. The third-order valence-corrected chi connectivity index (χ3v) is 4.94. The van der Waals surface area contributed by atoms with Crippen LogP contribution in [-0.4, -0.2) is 8.42 Å². The molecule has 2 aromatic carbocycles. The van der Waals surface area contributed by atoms with Crippen LogP contribution >= 0.6 is 0 Å². The second-order valence-electron chi connectivity index (χ2n) is 4.95. The van der Waals surface area contributed by atoms with E-state index < -0.39 is 9.84 Å². The fourth-order valence-electron chi connectivity index (χ4n) is 2.34. The molecule has 2 aromatic rings. The molecular weight excluding hydrogens is 256 g/mol. The minimum Gasteiger partial charge on any atom is -0.223 e. The minimum atomic E-state index is -3.27. The smallest absolute Gasteiger partial charge is 0.182 e. The van der Waals surface area contributed by atoms with Gasteiger partial charge >= 0.3 is 0 Å². The summed E-state index contributed by atoms with van der Waals surface area (Å²) in [5.41, 5.74) is 4.15. The number of hydrogen-bond donors (Lipinski definition) is 0. The van der Waals surface area contributed by atoms with Gasteiger partial charge in [0, 0.05) is 0 Å². The zero-order chi connectivity index (χ0) is 14.0. The van der Waals surface area contributed by atoms with Crippen LogP contribution in [0, 0.1) is 20.8 Å². The molecule has 0 spiro atoms. The normalized spacial score (nSPS) is 11.5. The van der Waals surface area contributed by atoms with Crippen molar-refractivity contribution < 1.29 is 8.42 Å². The SMILES string of the molecule is Cc1cc(C)c(CS(=O)(=O)c2ccccc2)c(C)c1. The highest BCUT2D eigenvalue weighted by atomic mass is 32.2. The molecule has 100 valence electrons. The molecule has 0 fully saturated rings. The Morgan fingerprint density at radius 1 is 0.895 bits per heavy atom. The van der Waals surface area contributed by atoms with Crippen molar-refractivity contribution in [3.8, 4) is 0 Å². The molecule has 0 amide bonds. The number of rotatable bonds is 3. The van der Waals surface area contributed by atoms with Crippen molar-refractivity contribution in [2.45, 2.75) is 31.4 Å². The van der Waals surface area contributed by atoms with Crippen LogP contribution < -0.4 is 0 Å². The van der Waals surface area contributed by atoms with E-state index in [1.54, 1.807) is 24.3 Å². The summed E-state index contributed by atoms with van der Waals surface area (Å²) in [6.07, 6.45) is 0. The van der Waals surface area contributed by atoms with Gasteiger partial charge in [-0.05, 0) is 49.6 Å². The van der Waals surface area contributed by atoms with Crippen LogP contribution in [0.25, 0.3) is 0 Å². The van der Waals surface area contributed by atoms with Crippen molar-refractivity contribution in [1.29, 1.82) is 0 Å². The van der Waals surface area contributed by atoms with Gasteiger partial charge in [-0.25, -0.2) is 8.42 Å². The van der Waals surface area contributed by atoms with Crippen molar-refractivity contribution in [2.75, 3.05) is 0 Å². The standard InChI is InChI=1S/C16H18O2S/c1-12-9-13(2)16(14(3)10-12)11-19(17,18)15-7-5-4-6-8-15/h4-10H,11H2,1-3H3. The van der Waals surface area contributed by atoms with E-state index in [0.29, 0.717) is 4.90 Å². The predicted octanol–water partition coefficient (Wildman–Crippen LogP) is 3.59. The van der Waals surface area contributed by atoms with Gasteiger partial charge in [0.1, 0.15) is 0 Å². The fraction of sp³-hybridized carbons (Fsp3) is 0.250. The van der Waals surface area contributed by atoms with Gasteiger partial charge in [-0.3, -0.25) is 0 Å². The van der Waals surface area contributed by atoms with E-state index in [-0.39, 0.29) is 5.75 Å². The Hall–Kier alpha value is -1.61. The average molecular weight is 274 g/mol. The summed E-state index contributed by atoms with van der Waals surface area (Å²) >= 11 is 0. The molecule has 0 radical (unpaired) electrons. The third kappa shape index (κ3) is 3.04. The highest BCUT2D eigenvalue weighted by molar-refractivity contribution is 7.90. The Labute approximate surface area is 115 Å². The van der Waals surface area contributed by atoms with Crippen LogP contribution in [-0.2, 0) is 15.6 Å². The summed E-state index contributed by atoms with van der Waals surface area (Å²) in [4.78, 5) is 0.384. The maximum atomic E-state index is 12.4. The molecule has 3 heteroatoms. The van der Waals surface area contributed by atoms with Gasteiger partial charge in [-0.15, -0.1) is 0 Å². The van der Waals surface area contributed by atoms with Gasteiger partial charge in [-0.2, -0.15) is 0 Å².